The number of carbonyl (C=O) groups is 3. The van der Waals surface area contributed by atoms with Crippen LogP contribution in [-0.4, -0.2) is 53.7 Å². The first kappa shape index (κ1) is 23.3. The van der Waals surface area contributed by atoms with E-state index in [1.165, 1.54) is 11.9 Å². The first-order valence-corrected chi connectivity index (χ1v) is 10.9. The van der Waals surface area contributed by atoms with Gasteiger partial charge in [-0.3, -0.25) is 4.79 Å². The number of nitrogens with one attached hydrogen (secondary N) is 1. The van der Waals surface area contributed by atoms with Crippen molar-refractivity contribution in [3.05, 3.63) is 59.7 Å². The summed E-state index contributed by atoms with van der Waals surface area (Å²) in [7, 11) is 1.44. The van der Waals surface area contributed by atoms with Crippen molar-refractivity contribution in [3.63, 3.8) is 0 Å². The van der Waals surface area contributed by atoms with E-state index < -0.39 is 30.1 Å². The molecule has 2 atom stereocenters. The minimum atomic E-state index is -1.08. The SMILES string of the molecule is CCC(C(=O)O)N(C)C(=O)[C@@H](NC(=O)OCC1c2ccccc2-c2ccccc21)C(C)C. The maximum absolute atomic E-state index is 12.9. The minimum Gasteiger partial charge on any atom is -0.480 e. The largest absolute Gasteiger partial charge is 0.480 e. The van der Waals surface area contributed by atoms with Crippen molar-refractivity contribution in [2.45, 2.75) is 45.2 Å². The average Bonchev–Trinajstić information content (AvgIpc) is 3.09. The van der Waals surface area contributed by atoms with E-state index in [1.54, 1.807) is 20.8 Å². The van der Waals surface area contributed by atoms with Crippen molar-refractivity contribution >= 4 is 18.0 Å². The normalized spacial score (nSPS) is 14.3. The molecule has 2 aromatic carbocycles. The molecule has 0 spiro atoms. The average molecular weight is 439 g/mol. The summed E-state index contributed by atoms with van der Waals surface area (Å²) in [5.41, 5.74) is 4.47. The van der Waals surface area contributed by atoms with Crippen molar-refractivity contribution in [3.8, 4) is 11.1 Å². The van der Waals surface area contributed by atoms with Crippen molar-refractivity contribution in [1.82, 2.24) is 10.2 Å². The number of ether oxygens (including phenoxy) is 1. The number of rotatable bonds is 8. The molecule has 2 aromatic rings. The van der Waals surface area contributed by atoms with Crippen LogP contribution in [0, 0.1) is 5.92 Å². The predicted octanol–water partition coefficient (Wildman–Crippen LogP) is 3.87. The first-order valence-electron chi connectivity index (χ1n) is 10.9. The Morgan fingerprint density at radius 1 is 1.03 bits per heavy atom. The van der Waals surface area contributed by atoms with Crippen LogP contribution in [0.3, 0.4) is 0 Å². The lowest BCUT2D eigenvalue weighted by molar-refractivity contribution is -0.150. The topological polar surface area (TPSA) is 95.9 Å². The van der Waals surface area contributed by atoms with Gasteiger partial charge >= 0.3 is 12.1 Å². The van der Waals surface area contributed by atoms with Crippen molar-refractivity contribution in [1.29, 1.82) is 0 Å². The summed E-state index contributed by atoms with van der Waals surface area (Å²) < 4.78 is 5.55. The van der Waals surface area contributed by atoms with E-state index in [-0.39, 0.29) is 24.9 Å². The number of carboxylic acid groups (broad SMARTS) is 1. The van der Waals surface area contributed by atoms with Gasteiger partial charge in [-0.05, 0) is 34.6 Å². The van der Waals surface area contributed by atoms with Crippen LogP contribution in [0.1, 0.15) is 44.2 Å². The molecule has 0 saturated heterocycles. The number of benzene rings is 2. The molecular weight excluding hydrogens is 408 g/mol. The molecule has 0 aromatic heterocycles. The maximum Gasteiger partial charge on any atom is 0.407 e. The quantitative estimate of drug-likeness (QED) is 0.652. The van der Waals surface area contributed by atoms with E-state index in [0.29, 0.717) is 0 Å². The molecular formula is C25H30N2O5. The number of carboxylic acids is 1. The molecule has 32 heavy (non-hydrogen) atoms. The van der Waals surface area contributed by atoms with Crippen LogP contribution in [0.2, 0.25) is 0 Å². The zero-order valence-electron chi connectivity index (χ0n) is 18.9. The highest BCUT2D eigenvalue weighted by molar-refractivity contribution is 5.89. The molecule has 1 unspecified atom stereocenters. The number of amides is 2. The number of likely N-dealkylation sites (N-methyl/N-ethyl adjacent to an activating group) is 1. The third-order valence-corrected chi connectivity index (χ3v) is 6.04. The smallest absolute Gasteiger partial charge is 0.407 e. The Morgan fingerprint density at radius 3 is 2.03 bits per heavy atom. The molecule has 7 heteroatoms. The highest BCUT2D eigenvalue weighted by Gasteiger charge is 2.34. The van der Waals surface area contributed by atoms with Gasteiger partial charge in [0.05, 0.1) is 0 Å². The number of aliphatic carboxylic acids is 1. The number of hydrogen-bond donors (Lipinski definition) is 2. The molecule has 0 fully saturated rings. The Kier molecular flexibility index (Phi) is 7.18. The van der Waals surface area contributed by atoms with Crippen LogP contribution in [0.4, 0.5) is 4.79 Å². The monoisotopic (exact) mass is 438 g/mol. The van der Waals surface area contributed by atoms with E-state index in [0.717, 1.165) is 22.3 Å². The van der Waals surface area contributed by atoms with E-state index in [1.807, 2.05) is 36.4 Å². The summed E-state index contributed by atoms with van der Waals surface area (Å²) in [5, 5.41) is 12.0. The van der Waals surface area contributed by atoms with Gasteiger partial charge < -0.3 is 20.1 Å². The molecule has 0 bridgehead atoms. The van der Waals surface area contributed by atoms with Crippen molar-refractivity contribution in [2.24, 2.45) is 5.92 Å². The van der Waals surface area contributed by atoms with Crippen LogP contribution < -0.4 is 5.32 Å². The number of carbonyl (C=O) groups excluding carboxylic acids is 2. The van der Waals surface area contributed by atoms with E-state index in [2.05, 4.69) is 17.4 Å². The van der Waals surface area contributed by atoms with Gasteiger partial charge in [-0.25, -0.2) is 9.59 Å². The Labute approximate surface area is 188 Å². The van der Waals surface area contributed by atoms with Crippen LogP contribution >= 0.6 is 0 Å². The second-order valence-corrected chi connectivity index (χ2v) is 8.40. The zero-order valence-corrected chi connectivity index (χ0v) is 18.9. The first-order chi connectivity index (χ1) is 15.3. The van der Waals surface area contributed by atoms with E-state index >= 15 is 0 Å². The van der Waals surface area contributed by atoms with Gasteiger partial charge in [-0.15, -0.1) is 0 Å². The third-order valence-electron chi connectivity index (χ3n) is 6.04. The predicted molar refractivity (Wildman–Crippen MR) is 121 cm³/mol. The van der Waals surface area contributed by atoms with Gasteiger partial charge in [0.25, 0.3) is 0 Å². The summed E-state index contributed by atoms with van der Waals surface area (Å²) in [4.78, 5) is 38.1. The summed E-state index contributed by atoms with van der Waals surface area (Å²) in [6.07, 6.45) is -0.427. The Morgan fingerprint density at radius 2 is 1.56 bits per heavy atom. The molecule has 2 amide bonds. The van der Waals surface area contributed by atoms with Crippen LogP contribution in [0.25, 0.3) is 11.1 Å². The fourth-order valence-electron chi connectivity index (χ4n) is 4.27. The molecule has 0 aliphatic heterocycles. The number of nitrogens with zero attached hydrogens (tertiary/aromatic N) is 1. The van der Waals surface area contributed by atoms with Gasteiger partial charge in [0.15, 0.2) is 0 Å². The van der Waals surface area contributed by atoms with Gasteiger partial charge in [-0.2, -0.15) is 0 Å². The van der Waals surface area contributed by atoms with Gasteiger partial charge in [-0.1, -0.05) is 69.3 Å². The third kappa shape index (κ3) is 4.61. The molecule has 2 N–H and O–H groups in total. The Bertz CT molecular complexity index is 958. The highest BCUT2D eigenvalue weighted by Crippen LogP contribution is 2.44. The maximum atomic E-state index is 12.9. The summed E-state index contributed by atoms with van der Waals surface area (Å²) in [6, 6.07) is 14.3. The van der Waals surface area contributed by atoms with Gasteiger partial charge in [0.1, 0.15) is 18.7 Å². The Balaban J connectivity index is 1.69. The molecule has 0 heterocycles. The number of fused-ring (bicyclic) bond motifs is 3. The van der Waals surface area contributed by atoms with Crippen molar-refractivity contribution < 1.29 is 24.2 Å². The molecule has 3 rings (SSSR count). The fourth-order valence-corrected chi connectivity index (χ4v) is 4.27. The molecule has 1 aliphatic rings. The molecule has 0 radical (unpaired) electrons. The standard InChI is InChI=1S/C25H30N2O5/c1-5-21(24(29)30)27(4)23(28)22(15(2)3)26-25(31)32-14-20-18-12-8-6-10-16(18)17-11-7-9-13-19(17)20/h6-13,15,20-22H,5,14H2,1-4H3,(H,26,31)(H,29,30)/t21?,22-/m0/s1. The summed E-state index contributed by atoms with van der Waals surface area (Å²) in [5.74, 6) is -1.85. The number of hydrogen-bond acceptors (Lipinski definition) is 4. The fraction of sp³-hybridized carbons (Fsp3) is 0.400. The molecule has 0 saturated carbocycles. The lowest BCUT2D eigenvalue weighted by atomic mass is 9.98. The van der Waals surface area contributed by atoms with E-state index in [4.69, 9.17) is 4.74 Å². The van der Waals surface area contributed by atoms with E-state index in [9.17, 15) is 19.5 Å². The van der Waals surface area contributed by atoms with Gasteiger partial charge in [0.2, 0.25) is 5.91 Å². The molecule has 7 nitrogen and oxygen atoms in total. The Hall–Kier alpha value is -3.35. The summed E-state index contributed by atoms with van der Waals surface area (Å²) in [6.45, 7) is 5.43. The highest BCUT2D eigenvalue weighted by atomic mass is 16.5. The molecule has 170 valence electrons. The number of alkyl carbamates (subject to hydrolysis) is 1. The van der Waals surface area contributed by atoms with Crippen molar-refractivity contribution in [2.75, 3.05) is 13.7 Å². The lowest BCUT2D eigenvalue weighted by Gasteiger charge is -2.30. The molecule has 1 aliphatic carbocycles. The summed E-state index contributed by atoms with van der Waals surface area (Å²) >= 11 is 0. The minimum absolute atomic E-state index is 0.0829. The second kappa shape index (κ2) is 9.85. The van der Waals surface area contributed by atoms with Crippen LogP contribution in [0.5, 0.6) is 0 Å². The zero-order chi connectivity index (χ0) is 23.4. The van der Waals surface area contributed by atoms with Crippen LogP contribution in [0.15, 0.2) is 48.5 Å². The lowest BCUT2D eigenvalue weighted by Crippen LogP contribution is -2.54. The second-order valence-electron chi connectivity index (χ2n) is 8.40. The van der Waals surface area contributed by atoms with Gasteiger partial charge in [0, 0.05) is 13.0 Å². The van der Waals surface area contributed by atoms with Crippen LogP contribution in [-0.2, 0) is 14.3 Å².